The Labute approximate surface area is 81.9 Å². The number of aliphatic hydroxyl groups is 1. The topological polar surface area (TPSA) is 88.1 Å². The molecule has 0 bridgehead atoms. The van der Waals surface area contributed by atoms with Crippen molar-refractivity contribution in [2.45, 2.75) is 19.1 Å². The van der Waals surface area contributed by atoms with Crippen molar-refractivity contribution >= 4 is 10.4 Å². The van der Waals surface area contributed by atoms with Gasteiger partial charge in [-0.15, -0.1) is 0 Å². The van der Waals surface area contributed by atoms with E-state index >= 15 is 0 Å². The Bertz CT molecular complexity index is 315. The summed E-state index contributed by atoms with van der Waals surface area (Å²) in [5.74, 6) is -1.34. The van der Waals surface area contributed by atoms with Crippen LogP contribution in [0.4, 0.5) is 0 Å². The normalized spacial score (nSPS) is 32.4. The van der Waals surface area contributed by atoms with E-state index in [9.17, 15) is 13.5 Å². The molecule has 0 aromatic rings. The summed E-state index contributed by atoms with van der Waals surface area (Å²) in [6, 6.07) is 0. The van der Waals surface area contributed by atoms with Crippen molar-refractivity contribution in [1.29, 1.82) is 0 Å². The van der Waals surface area contributed by atoms with Crippen LogP contribution in [-0.2, 0) is 18.8 Å². The van der Waals surface area contributed by atoms with E-state index in [4.69, 9.17) is 0 Å². The average Bonchev–Trinajstić information content (AvgIpc) is 2.00. The highest BCUT2D eigenvalue weighted by molar-refractivity contribution is 7.82. The summed E-state index contributed by atoms with van der Waals surface area (Å²) < 4.78 is 30.9. The molecule has 1 spiro atoms. The van der Waals surface area contributed by atoms with E-state index in [0.717, 1.165) is 0 Å². The molecule has 0 aromatic heterocycles. The standard InChI is InChI=1S/C6H12N2O5S/c1-5(9)8-3-2-7-4-6(8)12-14(10,11)13-6/h5,7,9H,2-4H2,1H3. The summed E-state index contributed by atoms with van der Waals surface area (Å²) in [5, 5.41) is 12.3. The molecule has 2 N–H and O–H groups in total. The monoisotopic (exact) mass is 224 g/mol. The van der Waals surface area contributed by atoms with Crippen LogP contribution >= 0.6 is 0 Å². The number of hydrogen-bond acceptors (Lipinski definition) is 7. The van der Waals surface area contributed by atoms with Gasteiger partial charge in [-0.05, 0) is 6.92 Å². The maximum absolute atomic E-state index is 10.7. The van der Waals surface area contributed by atoms with Crippen molar-refractivity contribution < 1.29 is 21.9 Å². The molecule has 7 nitrogen and oxygen atoms in total. The Morgan fingerprint density at radius 3 is 2.71 bits per heavy atom. The van der Waals surface area contributed by atoms with Gasteiger partial charge in [0.15, 0.2) is 0 Å². The fraction of sp³-hybridized carbons (Fsp3) is 1.00. The second-order valence-corrected chi connectivity index (χ2v) is 4.44. The highest BCUT2D eigenvalue weighted by atomic mass is 32.3. The summed E-state index contributed by atoms with van der Waals surface area (Å²) in [4.78, 5) is 1.45. The van der Waals surface area contributed by atoms with Gasteiger partial charge in [0, 0.05) is 13.1 Å². The van der Waals surface area contributed by atoms with E-state index < -0.39 is 22.5 Å². The maximum atomic E-state index is 10.7. The molecule has 82 valence electrons. The number of piperazine rings is 1. The zero-order chi connectivity index (χ0) is 10.4. The van der Waals surface area contributed by atoms with E-state index in [1.807, 2.05) is 0 Å². The first kappa shape index (κ1) is 10.3. The largest absolute Gasteiger partial charge is 0.407 e. The van der Waals surface area contributed by atoms with Crippen molar-refractivity contribution in [2.24, 2.45) is 0 Å². The first-order valence-electron chi connectivity index (χ1n) is 4.27. The third-order valence-electron chi connectivity index (χ3n) is 2.23. The van der Waals surface area contributed by atoms with Crippen LogP contribution in [0.1, 0.15) is 6.92 Å². The van der Waals surface area contributed by atoms with Crippen LogP contribution in [0, 0.1) is 0 Å². The van der Waals surface area contributed by atoms with Gasteiger partial charge in [0.1, 0.15) is 6.23 Å². The van der Waals surface area contributed by atoms with Gasteiger partial charge in [-0.25, -0.2) is 4.90 Å². The lowest BCUT2D eigenvalue weighted by Crippen LogP contribution is -2.72. The van der Waals surface area contributed by atoms with Crippen LogP contribution in [0.2, 0.25) is 0 Å². The van der Waals surface area contributed by atoms with Crippen LogP contribution in [0.5, 0.6) is 0 Å². The van der Waals surface area contributed by atoms with E-state index in [-0.39, 0.29) is 6.54 Å². The van der Waals surface area contributed by atoms with Gasteiger partial charge in [-0.1, -0.05) is 0 Å². The minimum absolute atomic E-state index is 0.219. The number of nitrogens with one attached hydrogen (secondary N) is 1. The molecule has 1 unspecified atom stereocenters. The van der Waals surface area contributed by atoms with Crippen LogP contribution in [0.15, 0.2) is 0 Å². The summed E-state index contributed by atoms with van der Waals surface area (Å²) in [7, 11) is -3.85. The Morgan fingerprint density at radius 1 is 1.57 bits per heavy atom. The lowest BCUT2D eigenvalue weighted by atomic mass is 10.3. The SMILES string of the molecule is CC(O)N1CCNCC12OS(=O)(=O)O2. The Hall–Kier alpha value is -0.250. The summed E-state index contributed by atoms with van der Waals surface area (Å²) in [6.45, 7) is 2.87. The number of nitrogens with zero attached hydrogens (tertiary/aromatic N) is 1. The molecule has 2 aliphatic heterocycles. The van der Waals surface area contributed by atoms with Gasteiger partial charge in [-0.2, -0.15) is 16.8 Å². The van der Waals surface area contributed by atoms with E-state index in [1.165, 1.54) is 11.8 Å². The summed E-state index contributed by atoms with van der Waals surface area (Å²) in [5.41, 5.74) is 0. The van der Waals surface area contributed by atoms with Crippen molar-refractivity contribution in [3.8, 4) is 0 Å². The third kappa shape index (κ3) is 1.53. The third-order valence-corrected chi connectivity index (χ3v) is 3.16. The average molecular weight is 224 g/mol. The van der Waals surface area contributed by atoms with Crippen LogP contribution < -0.4 is 5.32 Å². The molecule has 2 fully saturated rings. The highest BCUT2D eigenvalue weighted by Gasteiger charge is 2.58. The molecule has 0 aliphatic carbocycles. The molecule has 0 radical (unpaired) electrons. The Balaban J connectivity index is 2.16. The van der Waals surface area contributed by atoms with E-state index in [2.05, 4.69) is 13.7 Å². The molecule has 2 heterocycles. The van der Waals surface area contributed by atoms with Gasteiger partial charge < -0.3 is 10.4 Å². The van der Waals surface area contributed by atoms with Crippen LogP contribution in [-0.4, -0.2) is 50.2 Å². The fourth-order valence-electron chi connectivity index (χ4n) is 1.67. The molecular weight excluding hydrogens is 212 g/mol. The number of hydrogen-bond donors (Lipinski definition) is 2. The molecule has 2 aliphatic rings. The van der Waals surface area contributed by atoms with Crippen molar-refractivity contribution in [3.05, 3.63) is 0 Å². The molecule has 0 aromatic carbocycles. The molecule has 14 heavy (non-hydrogen) atoms. The molecular formula is C6H12N2O5S. The number of aliphatic hydroxyl groups excluding tert-OH is 1. The van der Waals surface area contributed by atoms with Crippen LogP contribution in [0.25, 0.3) is 0 Å². The molecule has 2 rings (SSSR count). The van der Waals surface area contributed by atoms with Crippen molar-refractivity contribution in [1.82, 2.24) is 10.2 Å². The first-order chi connectivity index (χ1) is 6.45. The smallest absolute Gasteiger partial charge is 0.379 e. The number of rotatable bonds is 1. The zero-order valence-corrected chi connectivity index (χ0v) is 8.45. The minimum Gasteiger partial charge on any atom is -0.379 e. The van der Waals surface area contributed by atoms with Crippen molar-refractivity contribution in [3.63, 3.8) is 0 Å². The second-order valence-electron chi connectivity index (χ2n) is 3.29. The minimum atomic E-state index is -3.85. The lowest BCUT2D eigenvalue weighted by molar-refractivity contribution is -0.313. The second kappa shape index (κ2) is 3.12. The first-order valence-corrected chi connectivity index (χ1v) is 5.60. The fourth-order valence-corrected chi connectivity index (χ4v) is 2.63. The molecule has 0 saturated carbocycles. The molecule has 1 atom stereocenters. The Kier molecular flexibility index (Phi) is 2.29. The predicted molar refractivity (Wildman–Crippen MR) is 45.1 cm³/mol. The quantitative estimate of drug-likeness (QED) is 0.542. The lowest BCUT2D eigenvalue weighted by Gasteiger charge is -2.49. The van der Waals surface area contributed by atoms with E-state index in [1.54, 1.807) is 0 Å². The Morgan fingerprint density at radius 2 is 2.21 bits per heavy atom. The summed E-state index contributed by atoms with van der Waals surface area (Å²) in [6.07, 6.45) is -0.812. The van der Waals surface area contributed by atoms with Gasteiger partial charge in [0.05, 0.1) is 6.54 Å². The maximum Gasteiger partial charge on any atom is 0.407 e. The molecule has 8 heteroatoms. The van der Waals surface area contributed by atoms with Gasteiger partial charge in [0.2, 0.25) is 0 Å². The van der Waals surface area contributed by atoms with Crippen LogP contribution in [0.3, 0.4) is 0 Å². The molecule has 2 saturated heterocycles. The highest BCUT2D eigenvalue weighted by Crippen LogP contribution is 2.35. The van der Waals surface area contributed by atoms with Gasteiger partial charge in [0.25, 0.3) is 5.91 Å². The zero-order valence-electron chi connectivity index (χ0n) is 7.63. The van der Waals surface area contributed by atoms with Gasteiger partial charge >= 0.3 is 10.4 Å². The van der Waals surface area contributed by atoms with Crippen molar-refractivity contribution in [2.75, 3.05) is 19.6 Å². The van der Waals surface area contributed by atoms with Gasteiger partial charge in [-0.3, -0.25) is 0 Å². The predicted octanol–water partition coefficient (Wildman–Crippen LogP) is -1.82. The molecule has 0 amide bonds. The summed E-state index contributed by atoms with van der Waals surface area (Å²) >= 11 is 0. The van der Waals surface area contributed by atoms with E-state index in [0.29, 0.717) is 13.1 Å².